The number of nitrogens with one attached hydrogen (secondary N) is 2. The van der Waals surface area contributed by atoms with E-state index in [0.29, 0.717) is 24.4 Å². The minimum absolute atomic E-state index is 0.0324. The average Bonchev–Trinajstić information content (AvgIpc) is 3.04. The van der Waals surface area contributed by atoms with Crippen molar-refractivity contribution >= 4 is 23.6 Å². The molecule has 1 aromatic rings. The molecule has 1 heterocycles. The van der Waals surface area contributed by atoms with Crippen LogP contribution in [0.25, 0.3) is 0 Å². The molecular weight excluding hydrogens is 326 g/mol. The molecule has 8 nitrogen and oxygen atoms in total. The Bertz CT molecular complexity index is 662. The number of methoxy groups -OCH3 is 1. The number of likely N-dealkylation sites (tertiary alicyclic amines) is 1. The molecule has 0 saturated carbocycles. The van der Waals surface area contributed by atoms with Crippen molar-refractivity contribution < 1.29 is 24.2 Å². The number of urea groups is 1. The van der Waals surface area contributed by atoms with Crippen molar-refractivity contribution in [2.75, 3.05) is 25.5 Å². The van der Waals surface area contributed by atoms with Crippen molar-refractivity contribution in [2.24, 2.45) is 0 Å². The van der Waals surface area contributed by atoms with Gasteiger partial charge in [0.05, 0.1) is 19.2 Å². The molecule has 0 aliphatic carbocycles. The van der Waals surface area contributed by atoms with Crippen molar-refractivity contribution in [1.29, 1.82) is 0 Å². The van der Waals surface area contributed by atoms with Crippen LogP contribution in [0.3, 0.4) is 0 Å². The van der Waals surface area contributed by atoms with Crippen LogP contribution in [0.15, 0.2) is 18.2 Å². The number of benzene rings is 1. The molecule has 1 unspecified atom stereocenters. The Labute approximate surface area is 146 Å². The summed E-state index contributed by atoms with van der Waals surface area (Å²) in [7, 11) is 1.53. The summed E-state index contributed by atoms with van der Waals surface area (Å²) in [6.07, 6.45) is 1.12. The second-order valence-corrected chi connectivity index (χ2v) is 5.92. The third-order valence-corrected chi connectivity index (χ3v) is 4.04. The van der Waals surface area contributed by atoms with Crippen LogP contribution in [-0.2, 0) is 9.59 Å². The first-order valence-electron chi connectivity index (χ1n) is 8.14. The van der Waals surface area contributed by atoms with Gasteiger partial charge in [-0.25, -0.2) is 4.79 Å². The van der Waals surface area contributed by atoms with Crippen LogP contribution < -0.4 is 15.4 Å². The number of carboxylic acids is 1. The molecule has 1 aromatic carbocycles. The predicted octanol–water partition coefficient (Wildman–Crippen LogP) is 1.59. The van der Waals surface area contributed by atoms with Gasteiger partial charge < -0.3 is 25.4 Å². The fourth-order valence-electron chi connectivity index (χ4n) is 2.80. The molecule has 1 fully saturated rings. The van der Waals surface area contributed by atoms with E-state index in [-0.39, 0.29) is 18.9 Å². The number of aliphatic carboxylic acids is 1. The molecule has 1 aliphatic heterocycles. The first-order chi connectivity index (χ1) is 11.9. The van der Waals surface area contributed by atoms with Gasteiger partial charge in [-0.2, -0.15) is 0 Å². The lowest BCUT2D eigenvalue weighted by atomic mass is 10.1. The molecule has 0 radical (unpaired) electrons. The fraction of sp³-hybridized carbons (Fsp3) is 0.471. The van der Waals surface area contributed by atoms with Crippen LogP contribution in [0.5, 0.6) is 5.75 Å². The smallest absolute Gasteiger partial charge is 0.318 e. The van der Waals surface area contributed by atoms with Gasteiger partial charge in [0.2, 0.25) is 5.91 Å². The summed E-state index contributed by atoms with van der Waals surface area (Å²) in [5.41, 5.74) is 1.54. The fourth-order valence-corrected chi connectivity index (χ4v) is 2.80. The molecule has 1 saturated heterocycles. The zero-order valence-corrected chi connectivity index (χ0v) is 14.4. The maximum Gasteiger partial charge on any atom is 0.318 e. The van der Waals surface area contributed by atoms with Gasteiger partial charge in [0.15, 0.2) is 0 Å². The van der Waals surface area contributed by atoms with E-state index in [0.717, 1.165) is 12.0 Å². The lowest BCUT2D eigenvalue weighted by molar-refractivity contribution is -0.136. The summed E-state index contributed by atoms with van der Waals surface area (Å²) in [5, 5.41) is 14.0. The second kappa shape index (κ2) is 8.36. The number of anilines is 1. The topological polar surface area (TPSA) is 108 Å². The molecule has 0 aromatic heterocycles. The maximum atomic E-state index is 12.6. The van der Waals surface area contributed by atoms with E-state index in [4.69, 9.17) is 9.84 Å². The van der Waals surface area contributed by atoms with Gasteiger partial charge in [-0.1, -0.05) is 6.07 Å². The number of amides is 3. The number of rotatable bonds is 6. The van der Waals surface area contributed by atoms with Gasteiger partial charge in [-0.05, 0) is 37.5 Å². The quantitative estimate of drug-likeness (QED) is 0.723. The maximum absolute atomic E-state index is 12.6. The predicted molar refractivity (Wildman–Crippen MR) is 91.7 cm³/mol. The number of nitrogens with zero attached hydrogens (tertiary/aromatic N) is 1. The third-order valence-electron chi connectivity index (χ3n) is 4.04. The highest BCUT2D eigenvalue weighted by Gasteiger charge is 2.34. The van der Waals surface area contributed by atoms with Crippen molar-refractivity contribution in [3.63, 3.8) is 0 Å². The van der Waals surface area contributed by atoms with E-state index in [1.165, 1.54) is 12.0 Å². The van der Waals surface area contributed by atoms with E-state index >= 15 is 0 Å². The average molecular weight is 349 g/mol. The van der Waals surface area contributed by atoms with Crippen LogP contribution in [-0.4, -0.2) is 54.2 Å². The summed E-state index contributed by atoms with van der Waals surface area (Å²) >= 11 is 0. The SMILES string of the molecule is COc1ccc(C)cc1NC(=O)C1CCCN1C(=O)NCCC(=O)O. The van der Waals surface area contributed by atoms with Crippen LogP contribution >= 0.6 is 0 Å². The summed E-state index contributed by atoms with van der Waals surface area (Å²) in [5.74, 6) is -0.716. The lowest BCUT2D eigenvalue weighted by Gasteiger charge is -2.24. The third kappa shape index (κ3) is 4.85. The highest BCUT2D eigenvalue weighted by molar-refractivity contribution is 5.98. The lowest BCUT2D eigenvalue weighted by Crippen LogP contribution is -2.48. The van der Waals surface area contributed by atoms with Gasteiger partial charge in [-0.3, -0.25) is 9.59 Å². The minimum Gasteiger partial charge on any atom is -0.495 e. The normalized spacial score (nSPS) is 16.4. The Kier molecular flexibility index (Phi) is 6.21. The van der Waals surface area contributed by atoms with Crippen molar-refractivity contribution in [3.05, 3.63) is 23.8 Å². The molecule has 1 aliphatic rings. The van der Waals surface area contributed by atoms with E-state index < -0.39 is 18.0 Å². The molecule has 136 valence electrons. The summed E-state index contributed by atoms with van der Waals surface area (Å²) in [6, 6.07) is 4.45. The summed E-state index contributed by atoms with van der Waals surface area (Å²) in [6.45, 7) is 2.40. The first-order valence-corrected chi connectivity index (χ1v) is 8.14. The highest BCUT2D eigenvalue weighted by Crippen LogP contribution is 2.27. The largest absolute Gasteiger partial charge is 0.495 e. The molecule has 0 bridgehead atoms. The van der Waals surface area contributed by atoms with Crippen molar-refractivity contribution in [2.45, 2.75) is 32.2 Å². The first kappa shape index (κ1) is 18.6. The van der Waals surface area contributed by atoms with Crippen LogP contribution in [0.2, 0.25) is 0 Å². The van der Waals surface area contributed by atoms with E-state index in [2.05, 4.69) is 10.6 Å². The number of hydrogen-bond donors (Lipinski definition) is 3. The Hall–Kier alpha value is -2.77. The summed E-state index contributed by atoms with van der Waals surface area (Å²) in [4.78, 5) is 36.8. The molecule has 1 atom stereocenters. The van der Waals surface area contributed by atoms with Crippen LogP contribution in [0, 0.1) is 6.92 Å². The number of hydrogen-bond acceptors (Lipinski definition) is 4. The number of carboxylic acid groups (broad SMARTS) is 1. The molecule has 0 spiro atoms. The van der Waals surface area contributed by atoms with E-state index in [1.54, 1.807) is 6.07 Å². The highest BCUT2D eigenvalue weighted by atomic mass is 16.5. The molecule has 8 heteroatoms. The Morgan fingerprint density at radius 1 is 1.36 bits per heavy atom. The zero-order chi connectivity index (χ0) is 18.4. The van der Waals surface area contributed by atoms with Crippen LogP contribution in [0.4, 0.5) is 10.5 Å². The van der Waals surface area contributed by atoms with E-state index in [1.807, 2.05) is 19.1 Å². The molecule has 3 N–H and O–H groups in total. The number of ether oxygens (including phenoxy) is 1. The van der Waals surface area contributed by atoms with Gasteiger partial charge in [0, 0.05) is 13.1 Å². The number of carbonyl (C=O) groups excluding carboxylic acids is 2. The van der Waals surface area contributed by atoms with Crippen molar-refractivity contribution in [1.82, 2.24) is 10.2 Å². The van der Waals surface area contributed by atoms with Gasteiger partial charge >= 0.3 is 12.0 Å². The van der Waals surface area contributed by atoms with Gasteiger partial charge in [0.25, 0.3) is 0 Å². The monoisotopic (exact) mass is 349 g/mol. The molecule has 3 amide bonds. The molecular formula is C17H23N3O5. The second-order valence-electron chi connectivity index (χ2n) is 5.92. The van der Waals surface area contributed by atoms with Gasteiger partial charge in [0.1, 0.15) is 11.8 Å². The van der Waals surface area contributed by atoms with Gasteiger partial charge in [-0.15, -0.1) is 0 Å². The Morgan fingerprint density at radius 3 is 2.80 bits per heavy atom. The number of carbonyl (C=O) groups is 3. The Balaban J connectivity index is 2.01. The standard InChI is InChI=1S/C17H23N3O5/c1-11-5-6-14(25-2)12(10-11)19-16(23)13-4-3-9-20(13)17(24)18-8-7-15(21)22/h5-6,10,13H,3-4,7-9H2,1-2H3,(H,18,24)(H,19,23)(H,21,22). The number of aryl methyl sites for hydroxylation is 1. The van der Waals surface area contributed by atoms with E-state index in [9.17, 15) is 14.4 Å². The van der Waals surface area contributed by atoms with Crippen LogP contribution in [0.1, 0.15) is 24.8 Å². The van der Waals surface area contributed by atoms with Crippen molar-refractivity contribution in [3.8, 4) is 5.75 Å². The Morgan fingerprint density at radius 2 is 2.12 bits per heavy atom. The molecule has 2 rings (SSSR count). The zero-order valence-electron chi connectivity index (χ0n) is 14.4. The molecule has 25 heavy (non-hydrogen) atoms. The minimum atomic E-state index is -0.984. The summed E-state index contributed by atoms with van der Waals surface area (Å²) < 4.78 is 5.25.